The maximum Gasteiger partial charge on any atom is 0.230 e. The van der Waals surface area contributed by atoms with Crippen LogP contribution in [0, 0.1) is 25.7 Å². The maximum atomic E-state index is 13.3. The first kappa shape index (κ1) is 36.7. The van der Waals surface area contributed by atoms with Crippen LogP contribution in [0.25, 0.3) is 22.0 Å². The van der Waals surface area contributed by atoms with Crippen molar-refractivity contribution in [3.05, 3.63) is 108 Å². The number of aromatic amines is 1. The van der Waals surface area contributed by atoms with E-state index >= 15 is 0 Å². The number of imidazole rings is 1. The number of H-pyrrole nitrogens is 1. The third-order valence-electron chi connectivity index (χ3n) is 10.8. The molecule has 2 saturated heterocycles. The Morgan fingerprint density at radius 3 is 2.23 bits per heavy atom. The van der Waals surface area contributed by atoms with Crippen molar-refractivity contribution in [1.82, 2.24) is 29.7 Å². The lowest BCUT2D eigenvalue weighted by molar-refractivity contribution is -0.137. The van der Waals surface area contributed by atoms with Crippen LogP contribution in [0.15, 0.2) is 85.3 Å². The lowest BCUT2D eigenvalue weighted by Crippen LogP contribution is -2.43. The van der Waals surface area contributed by atoms with E-state index in [1.165, 1.54) is 16.3 Å². The Morgan fingerprint density at radius 1 is 0.788 bits per heavy atom. The maximum absolute atomic E-state index is 13.3. The summed E-state index contributed by atoms with van der Waals surface area (Å²) in [6, 6.07) is 23.3. The highest BCUT2D eigenvalue weighted by molar-refractivity contribution is 5.87. The average Bonchev–Trinajstić information content (AvgIpc) is 3.95. The second-order valence-electron chi connectivity index (χ2n) is 14.9. The van der Waals surface area contributed by atoms with Gasteiger partial charge in [0.25, 0.3) is 0 Å². The number of nitrogens with zero attached hydrogens (tertiary/aromatic N) is 5. The van der Waals surface area contributed by atoms with Crippen LogP contribution in [-0.2, 0) is 9.59 Å². The van der Waals surface area contributed by atoms with E-state index in [0.29, 0.717) is 11.9 Å². The standard InChI is InChI=1S/C27H27N3O.C16H26N4O/c1-18-10-11-22-16-23(13-12-21(22)15-18)24-17-28-26(29-24)25-9-6-14-30(25)27(31)19(2)20-7-4-3-5-8-20;1-11(2)13(4)15(21)20-7-5-6-14(20)10-19-16-17-8-12(3)9-18-16/h3-5,7-8,10-13,15-17,19,25H,6,9,14H2,1-2H3,(H,28,29);8-9,11,13-14H,5-7,10H2,1-4H3,(H,17,18,19)/t19-,25+;13-,14-/m10/s1. The van der Waals surface area contributed by atoms with Crippen molar-refractivity contribution in [2.24, 2.45) is 11.8 Å². The van der Waals surface area contributed by atoms with Gasteiger partial charge in [0, 0.05) is 49.6 Å². The van der Waals surface area contributed by atoms with Crippen LogP contribution in [0.5, 0.6) is 0 Å². The summed E-state index contributed by atoms with van der Waals surface area (Å²) in [6.45, 7) is 14.7. The second-order valence-corrected chi connectivity index (χ2v) is 14.9. The van der Waals surface area contributed by atoms with Crippen LogP contribution < -0.4 is 5.32 Å². The largest absolute Gasteiger partial charge is 0.352 e. The fourth-order valence-electron chi connectivity index (χ4n) is 7.21. The number of rotatable bonds is 9. The van der Waals surface area contributed by atoms with E-state index in [2.05, 4.69) is 82.4 Å². The molecule has 2 aliphatic rings. The number of anilines is 1. The molecule has 0 aliphatic carbocycles. The van der Waals surface area contributed by atoms with Gasteiger partial charge in [-0.3, -0.25) is 9.59 Å². The zero-order valence-electron chi connectivity index (χ0n) is 31.5. The molecule has 5 aromatic rings. The quantitative estimate of drug-likeness (QED) is 0.160. The molecule has 0 bridgehead atoms. The SMILES string of the molecule is Cc1ccc2cc(-c3cnc([C@@H]4CCCN4C(=O)[C@H](C)c4ccccc4)[nH]3)ccc2c1.Cc1cnc(NC[C@@H]2CCCN2C(=O)[C@@H](C)C(C)C)nc1. The van der Waals surface area contributed by atoms with Crippen molar-refractivity contribution in [2.45, 2.75) is 85.2 Å². The van der Waals surface area contributed by atoms with Crippen molar-refractivity contribution < 1.29 is 9.59 Å². The lowest BCUT2D eigenvalue weighted by Gasteiger charge is -2.29. The van der Waals surface area contributed by atoms with Gasteiger partial charge in [0.1, 0.15) is 5.82 Å². The third-order valence-corrected chi connectivity index (χ3v) is 10.8. The van der Waals surface area contributed by atoms with Gasteiger partial charge in [0.05, 0.1) is 23.9 Å². The first-order valence-corrected chi connectivity index (χ1v) is 18.8. The van der Waals surface area contributed by atoms with Crippen LogP contribution in [-0.4, -0.2) is 67.2 Å². The number of carbonyl (C=O) groups excluding carboxylic acids is 2. The molecule has 2 fully saturated rings. The molecule has 0 unspecified atom stereocenters. The molecule has 2 N–H and O–H groups in total. The van der Waals surface area contributed by atoms with Crippen LogP contribution in [0.1, 0.15) is 87.9 Å². The van der Waals surface area contributed by atoms with Gasteiger partial charge in [-0.1, -0.05) is 87.0 Å². The topological polar surface area (TPSA) is 107 Å². The second kappa shape index (κ2) is 16.5. The molecule has 52 heavy (non-hydrogen) atoms. The number of hydrogen-bond acceptors (Lipinski definition) is 6. The monoisotopic (exact) mass is 699 g/mol. The minimum atomic E-state index is -0.153. The Balaban J connectivity index is 0.000000194. The molecule has 4 atom stereocenters. The van der Waals surface area contributed by atoms with Gasteiger partial charge < -0.3 is 20.1 Å². The summed E-state index contributed by atoms with van der Waals surface area (Å²) in [6.07, 6.45) is 9.57. The Hall–Kier alpha value is -5.05. The van der Waals surface area contributed by atoms with E-state index < -0.39 is 0 Å². The number of aryl methyl sites for hydroxylation is 2. The Kier molecular flexibility index (Phi) is 11.7. The van der Waals surface area contributed by atoms with E-state index in [1.807, 2.05) is 67.1 Å². The number of likely N-dealkylation sites (tertiary alicyclic amines) is 2. The van der Waals surface area contributed by atoms with Crippen LogP contribution in [0.3, 0.4) is 0 Å². The van der Waals surface area contributed by atoms with Gasteiger partial charge in [-0.05, 0) is 80.3 Å². The van der Waals surface area contributed by atoms with Crippen molar-refractivity contribution in [3.63, 3.8) is 0 Å². The molecule has 2 aliphatic heterocycles. The van der Waals surface area contributed by atoms with E-state index in [4.69, 9.17) is 0 Å². The minimum absolute atomic E-state index is 0.00974. The van der Waals surface area contributed by atoms with Crippen molar-refractivity contribution in [2.75, 3.05) is 25.0 Å². The van der Waals surface area contributed by atoms with E-state index in [1.54, 1.807) is 12.4 Å². The van der Waals surface area contributed by atoms with Crippen LogP contribution in [0.4, 0.5) is 5.95 Å². The fraction of sp³-hybridized carbons (Fsp3) is 0.419. The lowest BCUT2D eigenvalue weighted by atomic mass is 9.96. The molecular weight excluding hydrogens is 647 g/mol. The summed E-state index contributed by atoms with van der Waals surface area (Å²) in [7, 11) is 0. The number of amides is 2. The molecule has 0 saturated carbocycles. The highest BCUT2D eigenvalue weighted by Crippen LogP contribution is 2.35. The molecule has 4 heterocycles. The predicted octanol–water partition coefficient (Wildman–Crippen LogP) is 8.49. The Morgan fingerprint density at radius 2 is 1.48 bits per heavy atom. The van der Waals surface area contributed by atoms with Crippen LogP contribution >= 0.6 is 0 Å². The highest BCUT2D eigenvalue weighted by atomic mass is 16.2. The summed E-state index contributed by atoms with van der Waals surface area (Å²) in [5.41, 5.74) is 5.48. The number of fused-ring (bicyclic) bond motifs is 1. The third kappa shape index (κ3) is 8.52. The summed E-state index contributed by atoms with van der Waals surface area (Å²) >= 11 is 0. The number of benzene rings is 3. The first-order valence-electron chi connectivity index (χ1n) is 18.8. The zero-order chi connectivity index (χ0) is 36.8. The normalized spacial score (nSPS) is 18.3. The average molecular weight is 700 g/mol. The zero-order valence-corrected chi connectivity index (χ0v) is 31.5. The van der Waals surface area contributed by atoms with Crippen molar-refractivity contribution in [1.29, 1.82) is 0 Å². The first-order chi connectivity index (χ1) is 25.1. The molecule has 9 nitrogen and oxygen atoms in total. The number of hydrogen-bond donors (Lipinski definition) is 2. The molecule has 272 valence electrons. The number of aromatic nitrogens is 4. The summed E-state index contributed by atoms with van der Waals surface area (Å²) < 4.78 is 0. The van der Waals surface area contributed by atoms with Gasteiger partial charge in [-0.2, -0.15) is 0 Å². The van der Waals surface area contributed by atoms with E-state index in [-0.39, 0.29) is 35.7 Å². The van der Waals surface area contributed by atoms with Crippen molar-refractivity contribution in [3.8, 4) is 11.3 Å². The summed E-state index contributed by atoms with van der Waals surface area (Å²) in [4.78, 5) is 46.5. The van der Waals surface area contributed by atoms with Gasteiger partial charge in [-0.15, -0.1) is 0 Å². The van der Waals surface area contributed by atoms with E-state index in [0.717, 1.165) is 73.5 Å². The van der Waals surface area contributed by atoms with Gasteiger partial charge in [-0.25, -0.2) is 15.0 Å². The van der Waals surface area contributed by atoms with Crippen LogP contribution in [0.2, 0.25) is 0 Å². The van der Waals surface area contributed by atoms with Gasteiger partial charge >= 0.3 is 0 Å². The highest BCUT2D eigenvalue weighted by Gasteiger charge is 2.35. The minimum Gasteiger partial charge on any atom is -0.352 e. The summed E-state index contributed by atoms with van der Waals surface area (Å²) in [5, 5.41) is 5.71. The molecule has 3 aromatic carbocycles. The molecule has 2 amide bonds. The van der Waals surface area contributed by atoms with Crippen molar-refractivity contribution >= 4 is 28.5 Å². The molecular formula is C43H53N7O2. The Bertz CT molecular complexity index is 1960. The summed E-state index contributed by atoms with van der Waals surface area (Å²) in [5.74, 6) is 2.28. The molecule has 0 spiro atoms. The fourth-order valence-corrected chi connectivity index (χ4v) is 7.21. The predicted molar refractivity (Wildman–Crippen MR) is 209 cm³/mol. The number of carbonyl (C=O) groups is 2. The van der Waals surface area contributed by atoms with Gasteiger partial charge in [0.2, 0.25) is 17.8 Å². The van der Waals surface area contributed by atoms with Gasteiger partial charge in [0.15, 0.2) is 0 Å². The van der Waals surface area contributed by atoms with E-state index in [9.17, 15) is 9.59 Å². The molecule has 9 heteroatoms. The Labute approximate surface area is 308 Å². The molecule has 0 radical (unpaired) electrons. The molecule has 2 aromatic heterocycles. The number of nitrogens with one attached hydrogen (secondary N) is 2. The smallest absolute Gasteiger partial charge is 0.230 e. The molecule has 7 rings (SSSR count).